The van der Waals surface area contributed by atoms with Gasteiger partial charge in [0.05, 0.1) is 12.8 Å². The zero-order chi connectivity index (χ0) is 8.10. The third kappa shape index (κ3) is 3.17. The molecule has 3 nitrogen and oxygen atoms in total. The smallest absolute Gasteiger partial charge is 0.119 e. The quantitative estimate of drug-likeness (QED) is 0.591. The van der Waals surface area contributed by atoms with E-state index in [1.54, 1.807) is 7.11 Å². The van der Waals surface area contributed by atoms with Crippen LogP contribution >= 0.6 is 24.2 Å². The van der Waals surface area contributed by atoms with Crippen LogP contribution in [-0.4, -0.2) is 7.11 Å². The summed E-state index contributed by atoms with van der Waals surface area (Å²) in [5.74, 6) is 0.824. The van der Waals surface area contributed by atoms with Crippen molar-refractivity contribution in [1.82, 2.24) is 4.94 Å². The van der Waals surface area contributed by atoms with Crippen molar-refractivity contribution in [1.29, 1.82) is 0 Å². The van der Waals surface area contributed by atoms with Gasteiger partial charge in [-0.3, -0.25) is 0 Å². The summed E-state index contributed by atoms with van der Waals surface area (Å²) >= 11 is 5.22. The summed E-state index contributed by atoms with van der Waals surface area (Å²) in [6.45, 7) is 0. The molecule has 0 fully saturated rings. The van der Waals surface area contributed by atoms with Crippen molar-refractivity contribution in [2.24, 2.45) is 0 Å². The molecule has 0 saturated carbocycles. The molecule has 0 aliphatic carbocycles. The van der Waals surface area contributed by atoms with Crippen LogP contribution in [0.5, 0.6) is 5.75 Å². The van der Waals surface area contributed by atoms with Crippen LogP contribution in [0.3, 0.4) is 0 Å². The van der Waals surface area contributed by atoms with Gasteiger partial charge in [-0.2, -0.15) is 0 Å². The summed E-state index contributed by atoms with van der Waals surface area (Å²) < 4.78 is 4.97. The second-order valence-electron chi connectivity index (χ2n) is 1.95. The van der Waals surface area contributed by atoms with Crippen molar-refractivity contribution in [3.8, 4) is 5.75 Å². The molecule has 2 N–H and O–H groups in total. The Morgan fingerprint density at radius 2 is 1.83 bits per heavy atom. The van der Waals surface area contributed by atoms with E-state index in [0.717, 1.165) is 11.4 Å². The lowest BCUT2D eigenvalue weighted by atomic mass is 10.3. The van der Waals surface area contributed by atoms with Crippen LogP contribution in [0.25, 0.3) is 0 Å². The summed E-state index contributed by atoms with van der Waals surface area (Å²) in [4.78, 5) is 2.30. The molecule has 5 heteroatoms. The predicted molar refractivity (Wildman–Crippen MR) is 52.9 cm³/mol. The molecule has 0 atom stereocenters. The Hall–Kier alpha value is -0.640. The highest BCUT2D eigenvalue weighted by Crippen LogP contribution is 2.13. The highest BCUT2D eigenvalue weighted by Gasteiger charge is 1.90. The third-order valence-corrected chi connectivity index (χ3v) is 1.38. The maximum absolute atomic E-state index is 5.22. The molecule has 68 valence electrons. The molecule has 0 bridgehead atoms. The number of hydrogen-bond donors (Lipinski definition) is 2. The molecular formula is C7H10Cl2N2O. The van der Waals surface area contributed by atoms with Crippen molar-refractivity contribution < 1.29 is 4.74 Å². The van der Waals surface area contributed by atoms with Crippen molar-refractivity contribution in [3.05, 3.63) is 24.3 Å². The molecule has 0 saturated heterocycles. The van der Waals surface area contributed by atoms with Gasteiger partial charge >= 0.3 is 0 Å². The fourth-order valence-corrected chi connectivity index (χ4v) is 0.838. The Kier molecular flexibility index (Phi) is 5.62. The highest BCUT2D eigenvalue weighted by atomic mass is 35.5. The normalized spacial score (nSPS) is 8.50. The number of hydrazine groups is 1. The molecular weight excluding hydrogens is 199 g/mol. The van der Waals surface area contributed by atoms with E-state index in [9.17, 15) is 0 Å². The highest BCUT2D eigenvalue weighted by molar-refractivity contribution is 6.13. The van der Waals surface area contributed by atoms with Crippen LogP contribution in [0.2, 0.25) is 0 Å². The lowest BCUT2D eigenvalue weighted by Gasteiger charge is -2.02. The first kappa shape index (κ1) is 11.4. The maximum Gasteiger partial charge on any atom is 0.119 e. The van der Waals surface area contributed by atoms with Crippen LogP contribution in [0.15, 0.2) is 24.3 Å². The summed E-state index contributed by atoms with van der Waals surface area (Å²) in [5.41, 5.74) is 3.61. The van der Waals surface area contributed by atoms with Gasteiger partial charge in [0.1, 0.15) is 5.75 Å². The summed E-state index contributed by atoms with van der Waals surface area (Å²) in [7, 11) is 1.63. The lowest BCUT2D eigenvalue weighted by Crippen LogP contribution is -2.07. The van der Waals surface area contributed by atoms with E-state index >= 15 is 0 Å². The van der Waals surface area contributed by atoms with E-state index in [1.807, 2.05) is 24.3 Å². The van der Waals surface area contributed by atoms with Gasteiger partial charge in [-0.05, 0) is 36.0 Å². The Balaban J connectivity index is 0.00000121. The number of halogens is 2. The van der Waals surface area contributed by atoms with E-state index in [2.05, 4.69) is 10.4 Å². The van der Waals surface area contributed by atoms with Crippen LogP contribution in [0.4, 0.5) is 5.69 Å². The van der Waals surface area contributed by atoms with Gasteiger partial charge in [0.15, 0.2) is 0 Å². The van der Waals surface area contributed by atoms with Gasteiger partial charge in [-0.15, -0.1) is 17.4 Å². The van der Waals surface area contributed by atoms with Gasteiger partial charge in [0.25, 0.3) is 0 Å². The summed E-state index contributed by atoms with van der Waals surface area (Å²) in [6.07, 6.45) is 0. The molecule has 1 aromatic carbocycles. The molecule has 0 aliphatic heterocycles. The molecule has 0 heterocycles. The molecule has 0 unspecified atom stereocenters. The number of benzene rings is 1. The van der Waals surface area contributed by atoms with Gasteiger partial charge in [-0.25, -0.2) is 0 Å². The fourth-order valence-electron chi connectivity index (χ4n) is 0.729. The number of hydrogen-bond acceptors (Lipinski definition) is 3. The Morgan fingerprint density at radius 3 is 2.25 bits per heavy atom. The first-order valence-electron chi connectivity index (χ1n) is 3.12. The number of anilines is 1. The molecule has 0 spiro atoms. The topological polar surface area (TPSA) is 33.3 Å². The van der Waals surface area contributed by atoms with Crippen molar-refractivity contribution in [2.45, 2.75) is 0 Å². The molecule has 0 aromatic heterocycles. The minimum absolute atomic E-state index is 0. The average Bonchev–Trinajstić information content (AvgIpc) is 2.07. The lowest BCUT2D eigenvalue weighted by molar-refractivity contribution is 0.415. The van der Waals surface area contributed by atoms with Crippen LogP contribution in [0.1, 0.15) is 0 Å². The fraction of sp³-hybridized carbons (Fsp3) is 0.143. The van der Waals surface area contributed by atoms with Gasteiger partial charge in [-0.1, -0.05) is 0 Å². The van der Waals surface area contributed by atoms with Crippen LogP contribution in [-0.2, 0) is 0 Å². The van der Waals surface area contributed by atoms with Crippen molar-refractivity contribution >= 4 is 29.9 Å². The molecule has 0 radical (unpaired) electrons. The monoisotopic (exact) mass is 208 g/mol. The standard InChI is InChI=1S/C7H9ClN2O.ClH/c1-11-7-4-2-6(3-5-7)9-10-8;/h2-5,9-10H,1H3;1H. The minimum Gasteiger partial charge on any atom is -0.497 e. The molecule has 12 heavy (non-hydrogen) atoms. The van der Waals surface area contributed by atoms with E-state index < -0.39 is 0 Å². The number of rotatable bonds is 3. The Labute approximate surface area is 82.5 Å². The average molecular weight is 209 g/mol. The first-order valence-corrected chi connectivity index (χ1v) is 3.50. The largest absolute Gasteiger partial charge is 0.497 e. The summed E-state index contributed by atoms with van der Waals surface area (Å²) in [5, 5.41) is 0. The van der Waals surface area contributed by atoms with E-state index in [1.165, 1.54) is 0 Å². The van der Waals surface area contributed by atoms with Gasteiger partial charge < -0.3 is 10.2 Å². The number of ether oxygens (including phenoxy) is 1. The zero-order valence-corrected chi connectivity index (χ0v) is 8.08. The van der Waals surface area contributed by atoms with Gasteiger partial charge in [0.2, 0.25) is 0 Å². The Bertz CT molecular complexity index is 215. The first-order chi connectivity index (χ1) is 5.36. The predicted octanol–water partition coefficient (Wildman–Crippen LogP) is 2.19. The zero-order valence-electron chi connectivity index (χ0n) is 6.50. The second kappa shape index (κ2) is 5.94. The number of nitrogens with one attached hydrogen (secondary N) is 2. The number of methoxy groups -OCH3 is 1. The van der Waals surface area contributed by atoms with Crippen molar-refractivity contribution in [3.63, 3.8) is 0 Å². The second-order valence-corrected chi connectivity index (χ2v) is 2.14. The molecule has 0 amide bonds. The van der Waals surface area contributed by atoms with E-state index in [-0.39, 0.29) is 12.4 Å². The molecule has 0 aliphatic rings. The van der Waals surface area contributed by atoms with Crippen LogP contribution < -0.4 is 15.1 Å². The van der Waals surface area contributed by atoms with Crippen molar-refractivity contribution in [2.75, 3.05) is 12.5 Å². The summed E-state index contributed by atoms with van der Waals surface area (Å²) in [6, 6.07) is 7.40. The maximum atomic E-state index is 5.22. The van der Waals surface area contributed by atoms with Gasteiger partial charge in [0, 0.05) is 0 Å². The third-order valence-electron chi connectivity index (χ3n) is 1.28. The molecule has 1 rings (SSSR count). The molecule has 1 aromatic rings. The minimum atomic E-state index is 0. The Morgan fingerprint density at radius 1 is 1.25 bits per heavy atom. The van der Waals surface area contributed by atoms with Crippen LogP contribution in [0, 0.1) is 0 Å². The van der Waals surface area contributed by atoms with E-state index in [0.29, 0.717) is 0 Å². The van der Waals surface area contributed by atoms with E-state index in [4.69, 9.17) is 16.5 Å². The SMILES string of the molecule is COc1ccc(NNCl)cc1.Cl.